The first kappa shape index (κ1) is 15.5. The summed E-state index contributed by atoms with van der Waals surface area (Å²) in [5.41, 5.74) is 2.35. The molecule has 0 aliphatic carbocycles. The van der Waals surface area contributed by atoms with Crippen LogP contribution in [-0.2, 0) is 6.42 Å². The van der Waals surface area contributed by atoms with Crippen molar-refractivity contribution in [2.24, 2.45) is 0 Å². The average molecular weight is 276 g/mol. The van der Waals surface area contributed by atoms with Gasteiger partial charge in [-0.3, -0.25) is 4.90 Å². The van der Waals surface area contributed by atoms with Crippen LogP contribution in [0.4, 0.5) is 0 Å². The minimum absolute atomic E-state index is 0.391. The lowest BCUT2D eigenvalue weighted by Crippen LogP contribution is -2.46. The summed E-state index contributed by atoms with van der Waals surface area (Å²) in [5, 5.41) is 10.4. The molecule has 3 nitrogen and oxygen atoms in total. The maximum atomic E-state index is 10.4. The number of likely N-dealkylation sites (tertiary alicyclic amines) is 1. The van der Waals surface area contributed by atoms with Crippen molar-refractivity contribution in [1.29, 1.82) is 0 Å². The van der Waals surface area contributed by atoms with E-state index < -0.39 is 6.10 Å². The highest BCUT2D eigenvalue weighted by Crippen LogP contribution is 2.19. The van der Waals surface area contributed by atoms with Crippen molar-refractivity contribution in [3.63, 3.8) is 0 Å². The Balaban J connectivity index is 1.90. The molecule has 3 heteroatoms. The standard InChI is InChI=1S/C17H28N2O/c1-4-14-7-9-15(10-8-14)17(20)13-19(3)16-6-5-11-18(2)12-16/h7-10,16-17,20H,4-6,11-13H2,1-3H3. The molecule has 2 unspecified atom stereocenters. The second-order valence-electron chi connectivity index (χ2n) is 6.11. The van der Waals surface area contributed by atoms with E-state index in [1.807, 2.05) is 0 Å². The van der Waals surface area contributed by atoms with Gasteiger partial charge in [0, 0.05) is 19.1 Å². The van der Waals surface area contributed by atoms with E-state index in [-0.39, 0.29) is 0 Å². The van der Waals surface area contributed by atoms with Crippen LogP contribution in [-0.4, -0.2) is 54.7 Å². The summed E-state index contributed by atoms with van der Waals surface area (Å²) >= 11 is 0. The topological polar surface area (TPSA) is 26.7 Å². The fraction of sp³-hybridized carbons (Fsp3) is 0.647. The Morgan fingerprint density at radius 2 is 2.05 bits per heavy atom. The zero-order valence-electron chi connectivity index (χ0n) is 13.0. The quantitative estimate of drug-likeness (QED) is 0.894. The second-order valence-corrected chi connectivity index (χ2v) is 6.11. The molecule has 0 bridgehead atoms. The molecular weight excluding hydrogens is 248 g/mol. The van der Waals surface area contributed by atoms with Crippen molar-refractivity contribution < 1.29 is 5.11 Å². The van der Waals surface area contributed by atoms with Crippen molar-refractivity contribution in [2.45, 2.75) is 38.3 Å². The SMILES string of the molecule is CCc1ccc(C(O)CN(C)C2CCCN(C)C2)cc1. The third-order valence-corrected chi connectivity index (χ3v) is 4.46. The summed E-state index contributed by atoms with van der Waals surface area (Å²) in [7, 11) is 4.31. The summed E-state index contributed by atoms with van der Waals surface area (Å²) in [6.45, 7) is 5.17. The molecule has 0 spiro atoms. The van der Waals surface area contributed by atoms with Gasteiger partial charge in [0.1, 0.15) is 0 Å². The number of aliphatic hydroxyl groups is 1. The van der Waals surface area contributed by atoms with Crippen LogP contribution in [0.1, 0.15) is 37.0 Å². The number of aliphatic hydroxyl groups excluding tert-OH is 1. The molecule has 0 aromatic heterocycles. The van der Waals surface area contributed by atoms with Gasteiger partial charge in [0.05, 0.1) is 6.10 Å². The molecule has 2 atom stereocenters. The molecule has 112 valence electrons. The van der Waals surface area contributed by atoms with Gasteiger partial charge in [0.25, 0.3) is 0 Å². The number of nitrogens with zero attached hydrogens (tertiary/aromatic N) is 2. The Hall–Kier alpha value is -0.900. The highest BCUT2D eigenvalue weighted by Gasteiger charge is 2.22. The van der Waals surface area contributed by atoms with Crippen molar-refractivity contribution in [3.05, 3.63) is 35.4 Å². The molecule has 1 aromatic rings. The van der Waals surface area contributed by atoms with Crippen molar-refractivity contribution in [2.75, 3.05) is 33.7 Å². The van der Waals surface area contributed by atoms with Crippen LogP contribution in [0.2, 0.25) is 0 Å². The number of rotatable bonds is 5. The van der Waals surface area contributed by atoms with Crippen LogP contribution in [0, 0.1) is 0 Å². The number of likely N-dealkylation sites (N-methyl/N-ethyl adjacent to an activating group) is 2. The van der Waals surface area contributed by atoms with Crippen LogP contribution < -0.4 is 0 Å². The number of benzene rings is 1. The fourth-order valence-electron chi connectivity index (χ4n) is 3.00. The monoisotopic (exact) mass is 276 g/mol. The molecule has 1 heterocycles. The zero-order chi connectivity index (χ0) is 14.5. The Bertz CT molecular complexity index is 404. The minimum Gasteiger partial charge on any atom is -0.387 e. The van der Waals surface area contributed by atoms with Crippen LogP contribution in [0.3, 0.4) is 0 Å². The summed E-state index contributed by atoms with van der Waals surface area (Å²) in [6.07, 6.45) is 3.15. The van der Waals surface area contributed by atoms with Gasteiger partial charge in [-0.15, -0.1) is 0 Å². The number of hydrogen-bond acceptors (Lipinski definition) is 3. The predicted octanol–water partition coefficient (Wildman–Crippen LogP) is 2.31. The van der Waals surface area contributed by atoms with Gasteiger partial charge >= 0.3 is 0 Å². The molecule has 0 amide bonds. The van der Waals surface area contributed by atoms with Gasteiger partial charge in [0.2, 0.25) is 0 Å². The second kappa shape index (κ2) is 7.21. The lowest BCUT2D eigenvalue weighted by Gasteiger charge is -2.36. The number of aryl methyl sites for hydroxylation is 1. The summed E-state index contributed by atoms with van der Waals surface area (Å²) in [5.74, 6) is 0. The highest BCUT2D eigenvalue weighted by molar-refractivity contribution is 5.24. The fourth-order valence-corrected chi connectivity index (χ4v) is 3.00. The van der Waals surface area contributed by atoms with E-state index >= 15 is 0 Å². The van der Waals surface area contributed by atoms with E-state index in [9.17, 15) is 5.11 Å². The van der Waals surface area contributed by atoms with Crippen LogP contribution >= 0.6 is 0 Å². The smallest absolute Gasteiger partial charge is 0.0916 e. The molecular formula is C17H28N2O. The normalized spacial score (nSPS) is 22.1. The predicted molar refractivity (Wildman–Crippen MR) is 83.9 cm³/mol. The van der Waals surface area contributed by atoms with E-state index in [1.54, 1.807) is 0 Å². The number of hydrogen-bond donors (Lipinski definition) is 1. The summed E-state index contributed by atoms with van der Waals surface area (Å²) < 4.78 is 0. The van der Waals surface area contributed by atoms with E-state index in [0.29, 0.717) is 12.6 Å². The molecule has 1 aliphatic rings. The van der Waals surface area contributed by atoms with E-state index in [2.05, 4.69) is 55.1 Å². The summed E-state index contributed by atoms with van der Waals surface area (Å²) in [6, 6.07) is 8.92. The van der Waals surface area contributed by atoms with Gasteiger partial charge in [-0.05, 0) is 51.0 Å². The van der Waals surface area contributed by atoms with Crippen molar-refractivity contribution in [3.8, 4) is 0 Å². The van der Waals surface area contributed by atoms with Gasteiger partial charge in [-0.2, -0.15) is 0 Å². The Morgan fingerprint density at radius 3 is 2.65 bits per heavy atom. The van der Waals surface area contributed by atoms with Crippen LogP contribution in [0.25, 0.3) is 0 Å². The molecule has 20 heavy (non-hydrogen) atoms. The Kier molecular flexibility index (Phi) is 5.58. The maximum absolute atomic E-state index is 10.4. The first-order chi connectivity index (χ1) is 9.60. The molecule has 1 N–H and O–H groups in total. The molecule has 2 rings (SSSR count). The van der Waals surface area contributed by atoms with Gasteiger partial charge < -0.3 is 10.0 Å². The van der Waals surface area contributed by atoms with Gasteiger partial charge in [0.15, 0.2) is 0 Å². The van der Waals surface area contributed by atoms with Crippen LogP contribution in [0.5, 0.6) is 0 Å². The zero-order valence-corrected chi connectivity index (χ0v) is 13.0. The van der Waals surface area contributed by atoms with E-state index in [0.717, 1.165) is 18.5 Å². The third-order valence-electron chi connectivity index (χ3n) is 4.46. The first-order valence-corrected chi connectivity index (χ1v) is 7.75. The Labute approximate surface area is 123 Å². The van der Waals surface area contributed by atoms with Crippen molar-refractivity contribution >= 4 is 0 Å². The van der Waals surface area contributed by atoms with E-state index in [1.165, 1.54) is 24.9 Å². The summed E-state index contributed by atoms with van der Waals surface area (Å²) in [4.78, 5) is 4.70. The molecule has 1 aliphatic heterocycles. The Morgan fingerprint density at radius 1 is 1.35 bits per heavy atom. The highest BCUT2D eigenvalue weighted by atomic mass is 16.3. The van der Waals surface area contributed by atoms with E-state index in [4.69, 9.17) is 0 Å². The largest absolute Gasteiger partial charge is 0.387 e. The average Bonchev–Trinajstić information content (AvgIpc) is 2.47. The van der Waals surface area contributed by atoms with Gasteiger partial charge in [-0.1, -0.05) is 31.2 Å². The minimum atomic E-state index is -0.391. The molecule has 0 radical (unpaired) electrons. The van der Waals surface area contributed by atoms with Gasteiger partial charge in [-0.25, -0.2) is 0 Å². The third kappa shape index (κ3) is 4.05. The molecule has 1 aromatic carbocycles. The first-order valence-electron chi connectivity index (χ1n) is 7.75. The molecule has 1 fully saturated rings. The van der Waals surface area contributed by atoms with Crippen LogP contribution in [0.15, 0.2) is 24.3 Å². The lowest BCUT2D eigenvalue weighted by molar-refractivity contribution is 0.0742. The number of piperidine rings is 1. The lowest BCUT2D eigenvalue weighted by atomic mass is 10.0. The maximum Gasteiger partial charge on any atom is 0.0916 e. The molecule has 0 saturated carbocycles. The van der Waals surface area contributed by atoms with Crippen molar-refractivity contribution in [1.82, 2.24) is 9.80 Å². The molecule has 1 saturated heterocycles.